The number of benzene rings is 1. The van der Waals surface area contributed by atoms with Crippen molar-refractivity contribution in [1.29, 1.82) is 0 Å². The first kappa shape index (κ1) is 11.4. The first-order chi connectivity index (χ1) is 9.43. The second-order valence-corrected chi connectivity index (χ2v) is 6.84. The van der Waals surface area contributed by atoms with Crippen molar-refractivity contribution in [3.63, 3.8) is 0 Å². The Balaban J connectivity index is 1.92. The van der Waals surface area contributed by atoms with Gasteiger partial charge in [0.1, 0.15) is 6.34 Å². The molecular formula is C15H12N2S2. The summed E-state index contributed by atoms with van der Waals surface area (Å²) in [5, 5.41) is 2.19. The van der Waals surface area contributed by atoms with Crippen LogP contribution < -0.4 is 0 Å². The molecule has 2 aromatic rings. The Labute approximate surface area is 120 Å². The van der Waals surface area contributed by atoms with Crippen LogP contribution >= 0.6 is 23.1 Å². The van der Waals surface area contributed by atoms with Crippen molar-refractivity contribution in [1.82, 2.24) is 0 Å². The van der Waals surface area contributed by atoms with Gasteiger partial charge in [-0.3, -0.25) is 4.99 Å². The van der Waals surface area contributed by atoms with E-state index in [4.69, 9.17) is 0 Å². The Bertz CT molecular complexity index is 660. The molecule has 0 bridgehead atoms. The largest absolute Gasteiger partial charge is 0.263 e. The molecule has 0 saturated carbocycles. The standard InChI is InChI=1S/C15H12N2S2/c1-2-4-11-10(3-1)8-19-15-12(5-6-18-15)14(11)13-7-16-9-17-13/h1-7,9,13-14H,8H2/t13-,14+/m0/s1. The summed E-state index contributed by atoms with van der Waals surface area (Å²) in [5.41, 5.74) is 4.24. The number of thiophene rings is 1. The highest BCUT2D eigenvalue weighted by molar-refractivity contribution is 8.00. The van der Waals surface area contributed by atoms with Gasteiger partial charge >= 0.3 is 0 Å². The summed E-state index contributed by atoms with van der Waals surface area (Å²) in [5.74, 6) is 1.36. The molecule has 0 N–H and O–H groups in total. The predicted octanol–water partition coefficient (Wildman–Crippen LogP) is 3.97. The summed E-state index contributed by atoms with van der Waals surface area (Å²) < 4.78 is 1.43. The monoisotopic (exact) mass is 284 g/mol. The second kappa shape index (κ2) is 4.62. The molecule has 0 amide bonds. The predicted molar refractivity (Wildman–Crippen MR) is 82.9 cm³/mol. The van der Waals surface area contributed by atoms with E-state index in [0.717, 1.165) is 5.75 Å². The summed E-state index contributed by atoms with van der Waals surface area (Å²) in [7, 11) is 0. The lowest BCUT2D eigenvalue weighted by atomic mass is 9.85. The van der Waals surface area contributed by atoms with Gasteiger partial charge in [0, 0.05) is 17.9 Å². The number of hydrogen-bond donors (Lipinski definition) is 0. The zero-order valence-corrected chi connectivity index (χ0v) is 11.8. The van der Waals surface area contributed by atoms with E-state index in [2.05, 4.69) is 45.7 Å². The fourth-order valence-electron chi connectivity index (χ4n) is 2.75. The molecule has 0 saturated heterocycles. The lowest BCUT2D eigenvalue weighted by molar-refractivity contribution is 0.743. The van der Waals surface area contributed by atoms with E-state index in [1.165, 1.54) is 20.9 Å². The minimum absolute atomic E-state index is 0.146. The van der Waals surface area contributed by atoms with E-state index in [0.29, 0.717) is 5.92 Å². The molecule has 2 atom stereocenters. The number of thioether (sulfide) groups is 1. The van der Waals surface area contributed by atoms with Crippen molar-refractivity contribution >= 4 is 35.7 Å². The van der Waals surface area contributed by atoms with Gasteiger partial charge in [-0.05, 0) is 28.1 Å². The van der Waals surface area contributed by atoms with E-state index >= 15 is 0 Å². The topological polar surface area (TPSA) is 24.7 Å². The van der Waals surface area contributed by atoms with Crippen LogP contribution in [0.1, 0.15) is 22.6 Å². The van der Waals surface area contributed by atoms with Crippen LogP contribution in [-0.4, -0.2) is 18.6 Å². The van der Waals surface area contributed by atoms with Crippen molar-refractivity contribution in [3.8, 4) is 0 Å². The van der Waals surface area contributed by atoms with Crippen LogP contribution in [-0.2, 0) is 5.75 Å². The number of rotatable bonds is 1. The second-order valence-electron chi connectivity index (χ2n) is 4.68. The van der Waals surface area contributed by atoms with Gasteiger partial charge < -0.3 is 0 Å². The molecule has 94 valence electrons. The van der Waals surface area contributed by atoms with Crippen LogP contribution in [0, 0.1) is 0 Å². The van der Waals surface area contributed by atoms with Crippen molar-refractivity contribution < 1.29 is 0 Å². The van der Waals surface area contributed by atoms with E-state index in [-0.39, 0.29) is 6.04 Å². The minimum Gasteiger partial charge on any atom is -0.263 e. The third-order valence-electron chi connectivity index (χ3n) is 3.63. The van der Waals surface area contributed by atoms with Gasteiger partial charge in [-0.25, -0.2) is 4.99 Å². The first-order valence-corrected chi connectivity index (χ1v) is 8.13. The summed E-state index contributed by atoms with van der Waals surface area (Å²) in [6.07, 6.45) is 3.65. The van der Waals surface area contributed by atoms with Crippen molar-refractivity contribution in [2.24, 2.45) is 9.98 Å². The summed E-state index contributed by atoms with van der Waals surface area (Å²) in [6.45, 7) is 0. The van der Waals surface area contributed by atoms with Crippen LogP contribution in [0.4, 0.5) is 0 Å². The van der Waals surface area contributed by atoms with Crippen molar-refractivity contribution in [3.05, 3.63) is 52.4 Å². The number of aliphatic imine (C=N–C) groups is 2. The van der Waals surface area contributed by atoms with Gasteiger partial charge in [-0.1, -0.05) is 24.3 Å². The van der Waals surface area contributed by atoms with E-state index in [1.807, 2.05) is 29.3 Å². The average Bonchev–Trinajstić information content (AvgIpc) is 3.09. The molecule has 0 fully saturated rings. The Kier molecular flexibility index (Phi) is 2.78. The molecule has 3 heterocycles. The molecule has 0 spiro atoms. The first-order valence-electron chi connectivity index (χ1n) is 6.26. The smallest absolute Gasteiger partial charge is 0.110 e. The Morgan fingerprint density at radius 1 is 1.11 bits per heavy atom. The minimum atomic E-state index is 0.146. The maximum Gasteiger partial charge on any atom is 0.110 e. The molecule has 0 unspecified atom stereocenters. The van der Waals surface area contributed by atoms with Gasteiger partial charge in [-0.2, -0.15) is 0 Å². The molecule has 0 radical (unpaired) electrons. The maximum atomic E-state index is 4.53. The lowest BCUT2D eigenvalue weighted by Gasteiger charge is -2.20. The van der Waals surface area contributed by atoms with Crippen molar-refractivity contribution in [2.45, 2.75) is 21.9 Å². The zero-order chi connectivity index (χ0) is 12.7. The van der Waals surface area contributed by atoms with E-state index in [1.54, 1.807) is 6.34 Å². The fourth-order valence-corrected chi connectivity index (χ4v) is 4.95. The van der Waals surface area contributed by atoms with Gasteiger partial charge in [0.05, 0.1) is 10.3 Å². The molecule has 1 aromatic carbocycles. The number of nitrogens with zero attached hydrogens (tertiary/aromatic N) is 2. The molecule has 4 rings (SSSR count). The molecule has 4 heteroatoms. The van der Waals surface area contributed by atoms with E-state index in [9.17, 15) is 0 Å². The highest BCUT2D eigenvalue weighted by Crippen LogP contribution is 2.45. The van der Waals surface area contributed by atoms with Crippen LogP contribution in [0.2, 0.25) is 0 Å². The molecule has 1 aromatic heterocycles. The van der Waals surface area contributed by atoms with Gasteiger partial charge in [0.2, 0.25) is 0 Å². The van der Waals surface area contributed by atoms with Gasteiger partial charge in [0.15, 0.2) is 0 Å². The zero-order valence-electron chi connectivity index (χ0n) is 10.2. The van der Waals surface area contributed by atoms with Gasteiger partial charge in [-0.15, -0.1) is 23.1 Å². The maximum absolute atomic E-state index is 4.53. The molecule has 2 aliphatic heterocycles. The summed E-state index contributed by atoms with van der Waals surface area (Å²) >= 11 is 3.78. The molecule has 0 aliphatic carbocycles. The lowest BCUT2D eigenvalue weighted by Crippen LogP contribution is -2.18. The molecule has 2 nitrogen and oxygen atoms in total. The van der Waals surface area contributed by atoms with Crippen molar-refractivity contribution in [2.75, 3.05) is 0 Å². The van der Waals surface area contributed by atoms with Gasteiger partial charge in [0.25, 0.3) is 0 Å². The Morgan fingerprint density at radius 3 is 2.95 bits per heavy atom. The highest BCUT2D eigenvalue weighted by Gasteiger charge is 2.31. The average molecular weight is 284 g/mol. The number of fused-ring (bicyclic) bond motifs is 2. The Morgan fingerprint density at radius 2 is 2.05 bits per heavy atom. The molecule has 19 heavy (non-hydrogen) atoms. The third kappa shape index (κ3) is 1.86. The van der Waals surface area contributed by atoms with Crippen LogP contribution in [0.3, 0.4) is 0 Å². The third-order valence-corrected chi connectivity index (χ3v) is 5.95. The molecular weight excluding hydrogens is 272 g/mol. The van der Waals surface area contributed by atoms with Crippen LogP contribution in [0.15, 0.2) is 49.9 Å². The summed E-state index contributed by atoms with van der Waals surface area (Å²) in [4.78, 5) is 8.71. The molecule has 2 aliphatic rings. The quantitative estimate of drug-likeness (QED) is 0.777. The highest BCUT2D eigenvalue weighted by atomic mass is 32.2. The fraction of sp³-hybridized carbons (Fsp3) is 0.200. The normalized spacial score (nSPS) is 24.0. The van der Waals surface area contributed by atoms with Crippen LogP contribution in [0.25, 0.3) is 0 Å². The SMILES string of the molecule is C1=NC=N[C@@H]1[C@@H]1c2ccccc2CSc2sccc21. The summed E-state index contributed by atoms with van der Waals surface area (Å²) in [6, 6.07) is 11.1. The Hall–Kier alpha value is -1.39. The van der Waals surface area contributed by atoms with Crippen LogP contribution in [0.5, 0.6) is 0 Å². The number of hydrogen-bond acceptors (Lipinski definition) is 4. The van der Waals surface area contributed by atoms with E-state index < -0.39 is 0 Å².